The van der Waals surface area contributed by atoms with Gasteiger partial charge in [-0.05, 0) is 18.4 Å². The Labute approximate surface area is 104 Å². The number of Topliss-reactive ketones (excluding diaryl/α,β-unsaturated/α-hetero) is 1. The summed E-state index contributed by atoms with van der Waals surface area (Å²) in [4.78, 5) is 12.5. The van der Waals surface area contributed by atoms with Gasteiger partial charge in [-0.25, -0.2) is 0 Å². The molecule has 2 heteroatoms. The Morgan fingerprint density at radius 3 is 2.24 bits per heavy atom. The first-order valence-corrected chi connectivity index (χ1v) is 6.07. The zero-order valence-electron chi connectivity index (χ0n) is 11.3. The minimum Gasteiger partial charge on any atom is -0.392 e. The zero-order chi connectivity index (χ0) is 13.2. The molecule has 0 heterocycles. The lowest BCUT2D eigenvalue weighted by Crippen LogP contribution is -2.40. The number of benzene rings is 1. The molecular formula is C15H22O2. The molecule has 0 saturated heterocycles. The highest BCUT2D eigenvalue weighted by molar-refractivity contribution is 6.01. The number of aliphatic hydroxyl groups is 1. The van der Waals surface area contributed by atoms with Crippen molar-refractivity contribution in [2.45, 2.75) is 40.7 Å². The summed E-state index contributed by atoms with van der Waals surface area (Å²) in [6.07, 6.45) is -0.630. The first-order valence-electron chi connectivity index (χ1n) is 6.07. The van der Waals surface area contributed by atoms with Gasteiger partial charge in [0.05, 0.1) is 11.5 Å². The molecular weight excluding hydrogens is 212 g/mol. The Kier molecular flexibility index (Phi) is 4.10. The quantitative estimate of drug-likeness (QED) is 0.812. The van der Waals surface area contributed by atoms with Crippen molar-refractivity contribution in [2.24, 2.45) is 11.3 Å². The molecule has 0 bridgehead atoms. The molecule has 1 aromatic carbocycles. The van der Waals surface area contributed by atoms with Crippen LogP contribution >= 0.6 is 0 Å². The van der Waals surface area contributed by atoms with Crippen LogP contribution in [0.25, 0.3) is 0 Å². The van der Waals surface area contributed by atoms with E-state index < -0.39 is 11.5 Å². The zero-order valence-corrected chi connectivity index (χ0v) is 11.3. The number of hydrogen-bond donors (Lipinski definition) is 1. The minimum absolute atomic E-state index is 0.0109. The molecule has 1 unspecified atom stereocenters. The Bertz CT molecular complexity index is 405. The fourth-order valence-corrected chi connectivity index (χ4v) is 2.14. The molecule has 0 radical (unpaired) electrons. The summed E-state index contributed by atoms with van der Waals surface area (Å²) < 4.78 is 0. The molecule has 0 aliphatic heterocycles. The van der Waals surface area contributed by atoms with Crippen molar-refractivity contribution in [3.05, 3.63) is 35.4 Å². The van der Waals surface area contributed by atoms with E-state index in [4.69, 9.17) is 0 Å². The molecule has 0 aromatic heterocycles. The van der Waals surface area contributed by atoms with E-state index in [0.717, 1.165) is 5.56 Å². The van der Waals surface area contributed by atoms with Crippen LogP contribution in [-0.4, -0.2) is 17.0 Å². The van der Waals surface area contributed by atoms with E-state index in [1.807, 2.05) is 58.9 Å². The third-order valence-corrected chi connectivity index (χ3v) is 3.35. The van der Waals surface area contributed by atoms with Gasteiger partial charge in [0.1, 0.15) is 0 Å². The summed E-state index contributed by atoms with van der Waals surface area (Å²) in [5, 5.41) is 10.2. The third kappa shape index (κ3) is 2.75. The van der Waals surface area contributed by atoms with Gasteiger partial charge >= 0.3 is 0 Å². The molecule has 0 aliphatic rings. The van der Waals surface area contributed by atoms with Gasteiger partial charge in [0.25, 0.3) is 0 Å². The summed E-state index contributed by atoms with van der Waals surface area (Å²) in [5.74, 6) is 0.0785. The molecule has 1 aromatic rings. The second kappa shape index (κ2) is 5.01. The van der Waals surface area contributed by atoms with E-state index in [9.17, 15) is 9.90 Å². The lowest BCUT2D eigenvalue weighted by molar-refractivity contribution is 0.0166. The van der Waals surface area contributed by atoms with E-state index in [2.05, 4.69) is 0 Å². The van der Waals surface area contributed by atoms with E-state index in [1.54, 1.807) is 0 Å². The lowest BCUT2D eigenvalue weighted by atomic mass is 9.74. The number of carbonyl (C=O) groups is 1. The average Bonchev–Trinajstić information content (AvgIpc) is 2.27. The summed E-state index contributed by atoms with van der Waals surface area (Å²) in [5.41, 5.74) is 0.916. The highest BCUT2D eigenvalue weighted by atomic mass is 16.3. The van der Waals surface area contributed by atoms with Crippen molar-refractivity contribution >= 4 is 5.78 Å². The van der Waals surface area contributed by atoms with Gasteiger partial charge in [-0.15, -0.1) is 0 Å². The number of ketones is 1. The predicted molar refractivity (Wildman–Crippen MR) is 70.1 cm³/mol. The van der Waals surface area contributed by atoms with Crippen molar-refractivity contribution in [2.75, 3.05) is 0 Å². The van der Waals surface area contributed by atoms with Crippen LogP contribution in [0.3, 0.4) is 0 Å². The maximum Gasteiger partial charge on any atom is 0.171 e. The number of carbonyl (C=O) groups excluding carboxylic acids is 1. The molecule has 0 saturated carbocycles. The van der Waals surface area contributed by atoms with Crippen LogP contribution in [0, 0.1) is 18.3 Å². The summed E-state index contributed by atoms with van der Waals surface area (Å²) >= 11 is 0. The molecule has 0 aliphatic carbocycles. The van der Waals surface area contributed by atoms with Gasteiger partial charge in [0.2, 0.25) is 0 Å². The Balaban J connectivity index is 3.09. The smallest absolute Gasteiger partial charge is 0.171 e. The second-order valence-corrected chi connectivity index (χ2v) is 5.55. The fraction of sp³-hybridized carbons (Fsp3) is 0.533. The van der Waals surface area contributed by atoms with Gasteiger partial charge in [-0.1, -0.05) is 52.0 Å². The van der Waals surface area contributed by atoms with Crippen molar-refractivity contribution in [3.63, 3.8) is 0 Å². The predicted octanol–water partition coefficient (Wildman–Crippen LogP) is 3.22. The monoisotopic (exact) mass is 234 g/mol. The highest BCUT2D eigenvalue weighted by Crippen LogP contribution is 2.31. The highest BCUT2D eigenvalue weighted by Gasteiger charge is 2.38. The Morgan fingerprint density at radius 2 is 1.76 bits per heavy atom. The molecule has 94 valence electrons. The normalized spacial score (nSPS) is 13.8. The fourth-order valence-electron chi connectivity index (χ4n) is 2.14. The third-order valence-electron chi connectivity index (χ3n) is 3.35. The van der Waals surface area contributed by atoms with Crippen LogP contribution in [0.1, 0.15) is 43.6 Å². The standard InChI is InChI=1S/C15H22O2/c1-10(2)13(16)15(4,5)14(17)12-9-7-6-8-11(12)3/h6-10,13,16H,1-5H3. The number of hydrogen-bond acceptors (Lipinski definition) is 2. The number of rotatable bonds is 4. The van der Waals surface area contributed by atoms with E-state index in [0.29, 0.717) is 5.56 Å². The molecule has 0 amide bonds. The van der Waals surface area contributed by atoms with E-state index in [1.165, 1.54) is 0 Å². The number of aliphatic hydroxyl groups excluding tert-OH is 1. The van der Waals surface area contributed by atoms with Gasteiger partial charge in [0, 0.05) is 5.56 Å². The van der Waals surface area contributed by atoms with Crippen molar-refractivity contribution in [1.82, 2.24) is 0 Å². The van der Waals surface area contributed by atoms with Gasteiger partial charge in [0.15, 0.2) is 5.78 Å². The Morgan fingerprint density at radius 1 is 1.24 bits per heavy atom. The van der Waals surface area contributed by atoms with Crippen molar-refractivity contribution in [3.8, 4) is 0 Å². The minimum atomic E-state index is -0.750. The molecule has 1 atom stereocenters. The van der Waals surface area contributed by atoms with Crippen LogP contribution in [0.15, 0.2) is 24.3 Å². The van der Waals surface area contributed by atoms with Crippen molar-refractivity contribution < 1.29 is 9.90 Å². The van der Waals surface area contributed by atoms with Crippen LogP contribution < -0.4 is 0 Å². The van der Waals surface area contributed by atoms with Gasteiger partial charge in [-0.2, -0.15) is 0 Å². The van der Waals surface area contributed by atoms with Crippen LogP contribution in [0.2, 0.25) is 0 Å². The first-order chi connectivity index (χ1) is 7.78. The Hall–Kier alpha value is -1.15. The van der Waals surface area contributed by atoms with Crippen molar-refractivity contribution in [1.29, 1.82) is 0 Å². The topological polar surface area (TPSA) is 37.3 Å². The number of aryl methyl sites for hydroxylation is 1. The van der Waals surface area contributed by atoms with Gasteiger partial charge in [-0.3, -0.25) is 4.79 Å². The molecule has 1 N–H and O–H groups in total. The summed E-state index contributed by atoms with van der Waals surface area (Å²) in [6, 6.07) is 7.52. The van der Waals surface area contributed by atoms with E-state index in [-0.39, 0.29) is 11.7 Å². The van der Waals surface area contributed by atoms with E-state index >= 15 is 0 Å². The average molecular weight is 234 g/mol. The first kappa shape index (κ1) is 13.9. The van der Waals surface area contributed by atoms with Crippen LogP contribution in [-0.2, 0) is 0 Å². The second-order valence-electron chi connectivity index (χ2n) is 5.55. The molecule has 2 nitrogen and oxygen atoms in total. The van der Waals surface area contributed by atoms with Gasteiger partial charge < -0.3 is 5.11 Å². The summed E-state index contributed by atoms with van der Waals surface area (Å²) in [7, 11) is 0. The lowest BCUT2D eigenvalue weighted by Gasteiger charge is -2.32. The van der Waals surface area contributed by atoms with Crippen LogP contribution in [0.4, 0.5) is 0 Å². The molecule has 0 fully saturated rings. The summed E-state index contributed by atoms with van der Waals surface area (Å²) in [6.45, 7) is 9.40. The molecule has 17 heavy (non-hydrogen) atoms. The maximum absolute atomic E-state index is 12.5. The van der Waals surface area contributed by atoms with Crippen LogP contribution in [0.5, 0.6) is 0 Å². The largest absolute Gasteiger partial charge is 0.392 e. The molecule has 0 spiro atoms. The SMILES string of the molecule is Cc1ccccc1C(=O)C(C)(C)C(O)C(C)C. The molecule has 1 rings (SSSR count). The maximum atomic E-state index is 12.5.